The largest absolute Gasteiger partial charge is 0.261 e. The average molecular weight is 261 g/mol. The van der Waals surface area contributed by atoms with Gasteiger partial charge >= 0.3 is 0 Å². The van der Waals surface area contributed by atoms with Gasteiger partial charge in [0.2, 0.25) is 0 Å². The van der Waals surface area contributed by atoms with Crippen molar-refractivity contribution in [2.45, 2.75) is 61.8 Å². The number of hydrogen-bond acceptors (Lipinski definition) is 1. The minimum Gasteiger partial charge on any atom is -0.261 e. The van der Waals surface area contributed by atoms with Crippen molar-refractivity contribution >= 4 is 5.71 Å². The van der Waals surface area contributed by atoms with E-state index in [0.29, 0.717) is 11.3 Å². The first-order valence-corrected chi connectivity index (χ1v) is 7.41. The molecule has 0 saturated heterocycles. The maximum absolute atomic E-state index is 4.68. The molecule has 0 aromatic heterocycles. The summed E-state index contributed by atoms with van der Waals surface area (Å²) in [5, 5.41) is 0. The van der Waals surface area contributed by atoms with Crippen LogP contribution in [0.1, 0.15) is 61.8 Å². The fraction of sp³-hybridized carbons (Fsp3) is 0.722. The van der Waals surface area contributed by atoms with Gasteiger partial charge in [-0.3, -0.25) is 4.99 Å². The van der Waals surface area contributed by atoms with Crippen LogP contribution in [0.2, 0.25) is 0 Å². The van der Waals surface area contributed by atoms with Crippen LogP contribution >= 0.6 is 0 Å². The maximum Gasteiger partial charge on any atom is 0.0457 e. The third kappa shape index (κ3) is 4.33. The Kier molecular flexibility index (Phi) is 4.49. The zero-order valence-corrected chi connectivity index (χ0v) is 14.0. The van der Waals surface area contributed by atoms with Crippen LogP contribution in [-0.4, -0.2) is 5.71 Å². The highest BCUT2D eigenvalue weighted by Crippen LogP contribution is 2.40. The predicted octanol–water partition coefficient (Wildman–Crippen LogP) is 5.64. The minimum atomic E-state index is 0.106. The molecule has 108 valence electrons. The number of aliphatic imine (C=N–C) groups is 1. The Morgan fingerprint density at radius 2 is 1.68 bits per heavy atom. The van der Waals surface area contributed by atoms with E-state index in [1.54, 1.807) is 0 Å². The molecule has 0 radical (unpaired) electrons. The van der Waals surface area contributed by atoms with Gasteiger partial charge in [-0.05, 0) is 23.8 Å². The molecule has 0 aromatic carbocycles. The van der Waals surface area contributed by atoms with Crippen molar-refractivity contribution in [2.75, 3.05) is 0 Å². The van der Waals surface area contributed by atoms with Gasteiger partial charge in [-0.2, -0.15) is 0 Å². The molecule has 0 fully saturated rings. The lowest BCUT2D eigenvalue weighted by molar-refractivity contribution is 0.178. The Labute approximate surface area is 119 Å². The molecule has 1 rings (SSSR count). The molecule has 0 aromatic rings. The molecule has 1 heterocycles. The second kappa shape index (κ2) is 5.26. The molecule has 1 nitrogen and oxygen atoms in total. The summed E-state index contributed by atoms with van der Waals surface area (Å²) < 4.78 is 0. The van der Waals surface area contributed by atoms with Gasteiger partial charge in [-0.1, -0.05) is 67.5 Å². The SMILES string of the molecule is CC(C)C(C)(C)CC(C)(C)C1=NC=CC(C)(C)C=C1. The molecule has 19 heavy (non-hydrogen) atoms. The topological polar surface area (TPSA) is 12.4 Å². The fourth-order valence-electron chi connectivity index (χ4n) is 2.54. The Balaban J connectivity index is 2.96. The fourth-order valence-corrected chi connectivity index (χ4v) is 2.54. The summed E-state index contributed by atoms with van der Waals surface area (Å²) in [6, 6.07) is 0. The van der Waals surface area contributed by atoms with Crippen molar-refractivity contribution in [1.82, 2.24) is 0 Å². The first-order valence-electron chi connectivity index (χ1n) is 7.41. The van der Waals surface area contributed by atoms with Crippen LogP contribution in [0.15, 0.2) is 29.4 Å². The van der Waals surface area contributed by atoms with Crippen molar-refractivity contribution in [1.29, 1.82) is 0 Å². The number of rotatable bonds is 4. The Hall–Kier alpha value is -0.850. The molecule has 0 unspecified atom stereocenters. The van der Waals surface area contributed by atoms with E-state index in [4.69, 9.17) is 0 Å². The van der Waals surface area contributed by atoms with Gasteiger partial charge in [0.15, 0.2) is 0 Å². The van der Waals surface area contributed by atoms with Gasteiger partial charge in [-0.25, -0.2) is 0 Å². The monoisotopic (exact) mass is 261 g/mol. The van der Waals surface area contributed by atoms with Crippen LogP contribution < -0.4 is 0 Å². The van der Waals surface area contributed by atoms with E-state index in [0.717, 1.165) is 6.42 Å². The van der Waals surface area contributed by atoms with Gasteiger partial charge < -0.3 is 0 Å². The normalized spacial score (nSPS) is 19.5. The molecule has 1 heteroatoms. The Morgan fingerprint density at radius 1 is 1.11 bits per heavy atom. The quantitative estimate of drug-likeness (QED) is 0.621. The van der Waals surface area contributed by atoms with E-state index in [1.165, 1.54) is 5.71 Å². The summed E-state index contributed by atoms with van der Waals surface area (Å²) >= 11 is 0. The van der Waals surface area contributed by atoms with Crippen LogP contribution in [0.5, 0.6) is 0 Å². The highest BCUT2D eigenvalue weighted by molar-refractivity contribution is 6.00. The molecule has 0 spiro atoms. The lowest BCUT2D eigenvalue weighted by Gasteiger charge is -2.38. The second-order valence-electron chi connectivity index (χ2n) is 8.19. The minimum absolute atomic E-state index is 0.106. The van der Waals surface area contributed by atoms with E-state index in [9.17, 15) is 0 Å². The lowest BCUT2D eigenvalue weighted by Crippen LogP contribution is -2.32. The molecule has 0 bridgehead atoms. The van der Waals surface area contributed by atoms with Crippen LogP contribution in [0.3, 0.4) is 0 Å². The van der Waals surface area contributed by atoms with Gasteiger partial charge in [0.1, 0.15) is 0 Å². The van der Waals surface area contributed by atoms with Gasteiger partial charge in [0, 0.05) is 22.7 Å². The van der Waals surface area contributed by atoms with Gasteiger partial charge in [0.25, 0.3) is 0 Å². The summed E-state index contributed by atoms with van der Waals surface area (Å²) in [5.74, 6) is 0.675. The van der Waals surface area contributed by atoms with Crippen molar-refractivity contribution < 1.29 is 0 Å². The third-order valence-electron chi connectivity index (χ3n) is 4.54. The molecular weight excluding hydrogens is 230 g/mol. The smallest absolute Gasteiger partial charge is 0.0457 e. The lowest BCUT2D eigenvalue weighted by atomic mass is 9.67. The Morgan fingerprint density at radius 3 is 2.21 bits per heavy atom. The van der Waals surface area contributed by atoms with Crippen LogP contribution in [-0.2, 0) is 0 Å². The Bertz CT molecular complexity index is 403. The van der Waals surface area contributed by atoms with Crippen molar-refractivity contribution in [2.24, 2.45) is 27.2 Å². The van der Waals surface area contributed by atoms with Crippen molar-refractivity contribution in [3.05, 3.63) is 24.4 Å². The summed E-state index contributed by atoms with van der Waals surface area (Å²) in [4.78, 5) is 4.68. The van der Waals surface area contributed by atoms with E-state index < -0.39 is 0 Å². The molecule has 0 aliphatic carbocycles. The first kappa shape index (κ1) is 16.2. The summed E-state index contributed by atoms with van der Waals surface area (Å²) in [5.41, 5.74) is 1.73. The molecular formula is C18H31N. The van der Waals surface area contributed by atoms with Gasteiger partial charge in [-0.15, -0.1) is 0 Å². The first-order chi connectivity index (χ1) is 8.46. The molecule has 1 aliphatic heterocycles. The van der Waals surface area contributed by atoms with Gasteiger partial charge in [0.05, 0.1) is 0 Å². The molecule has 0 saturated carbocycles. The maximum atomic E-state index is 4.68. The second-order valence-corrected chi connectivity index (χ2v) is 8.19. The predicted molar refractivity (Wildman–Crippen MR) is 86.5 cm³/mol. The highest BCUT2D eigenvalue weighted by Gasteiger charge is 2.34. The van der Waals surface area contributed by atoms with E-state index in [-0.39, 0.29) is 10.8 Å². The zero-order valence-electron chi connectivity index (χ0n) is 14.0. The average Bonchev–Trinajstić information content (AvgIpc) is 2.37. The van der Waals surface area contributed by atoms with Crippen LogP contribution in [0.4, 0.5) is 0 Å². The molecule has 0 N–H and O–H groups in total. The summed E-state index contributed by atoms with van der Waals surface area (Å²) in [6.07, 6.45) is 9.77. The molecule has 0 amide bonds. The third-order valence-corrected chi connectivity index (χ3v) is 4.54. The van der Waals surface area contributed by atoms with E-state index in [2.05, 4.69) is 78.6 Å². The number of nitrogens with zero attached hydrogens (tertiary/aromatic N) is 1. The van der Waals surface area contributed by atoms with Crippen LogP contribution in [0.25, 0.3) is 0 Å². The summed E-state index contributed by atoms with van der Waals surface area (Å²) in [7, 11) is 0. The van der Waals surface area contributed by atoms with E-state index in [1.807, 2.05) is 6.20 Å². The van der Waals surface area contributed by atoms with E-state index >= 15 is 0 Å². The number of hydrogen-bond donors (Lipinski definition) is 0. The standard InChI is InChI=1S/C18H31N/c1-14(2)17(5,6)13-18(7,8)15-9-10-16(3,4)11-12-19-15/h9-12,14H,13H2,1-8H3. The summed E-state index contributed by atoms with van der Waals surface area (Å²) in [6.45, 7) is 18.4. The van der Waals surface area contributed by atoms with Crippen molar-refractivity contribution in [3.8, 4) is 0 Å². The van der Waals surface area contributed by atoms with Crippen molar-refractivity contribution in [3.63, 3.8) is 0 Å². The zero-order chi connectivity index (χ0) is 14.9. The molecule has 0 atom stereocenters. The van der Waals surface area contributed by atoms with Crippen LogP contribution in [0, 0.1) is 22.2 Å². The molecule has 1 aliphatic rings. The number of allylic oxidation sites excluding steroid dienone is 3. The highest BCUT2D eigenvalue weighted by atomic mass is 14.7.